The van der Waals surface area contributed by atoms with E-state index in [1.165, 1.54) is 0 Å². The van der Waals surface area contributed by atoms with Crippen LogP contribution in [0, 0.1) is 0 Å². The van der Waals surface area contributed by atoms with Crippen molar-refractivity contribution in [3.05, 3.63) is 36.3 Å². The summed E-state index contributed by atoms with van der Waals surface area (Å²) in [5, 5.41) is 3.50. The monoisotopic (exact) mass is 231 g/mol. The Morgan fingerprint density at radius 3 is 3.12 bits per heavy atom. The Bertz CT molecular complexity index is 469. The van der Waals surface area contributed by atoms with Gasteiger partial charge in [-0.15, -0.1) is 0 Å². The highest BCUT2D eigenvalue weighted by Crippen LogP contribution is 2.22. The SMILES string of the molecule is COC1CC(NCc2cn3ccccc3n2)C1. The number of hydrogen-bond donors (Lipinski definition) is 1. The van der Waals surface area contributed by atoms with E-state index in [9.17, 15) is 0 Å². The normalized spacial score (nSPS) is 23.8. The molecule has 2 aromatic rings. The van der Waals surface area contributed by atoms with Crippen molar-refractivity contribution in [2.75, 3.05) is 7.11 Å². The number of hydrogen-bond acceptors (Lipinski definition) is 3. The third-order valence-electron chi connectivity index (χ3n) is 3.41. The molecule has 0 bridgehead atoms. The largest absolute Gasteiger partial charge is 0.381 e. The second-order valence-electron chi connectivity index (χ2n) is 4.61. The molecule has 3 rings (SSSR count). The Morgan fingerprint density at radius 1 is 1.47 bits per heavy atom. The molecule has 0 aliphatic heterocycles. The first-order valence-corrected chi connectivity index (χ1v) is 6.04. The Kier molecular flexibility index (Phi) is 2.82. The van der Waals surface area contributed by atoms with Crippen molar-refractivity contribution >= 4 is 5.65 Å². The van der Waals surface area contributed by atoms with Crippen LogP contribution in [-0.4, -0.2) is 28.6 Å². The van der Waals surface area contributed by atoms with Gasteiger partial charge in [-0.1, -0.05) is 6.07 Å². The number of methoxy groups -OCH3 is 1. The zero-order valence-corrected chi connectivity index (χ0v) is 9.97. The Balaban J connectivity index is 1.58. The van der Waals surface area contributed by atoms with Gasteiger partial charge in [0.2, 0.25) is 0 Å². The van der Waals surface area contributed by atoms with E-state index in [-0.39, 0.29) is 0 Å². The number of nitrogens with zero attached hydrogens (tertiary/aromatic N) is 2. The molecule has 0 radical (unpaired) electrons. The van der Waals surface area contributed by atoms with Crippen LogP contribution in [0.5, 0.6) is 0 Å². The quantitative estimate of drug-likeness (QED) is 0.868. The molecule has 1 aliphatic rings. The van der Waals surface area contributed by atoms with Gasteiger partial charge in [0, 0.05) is 32.1 Å². The molecule has 90 valence electrons. The standard InChI is InChI=1S/C13H17N3O/c1-17-12-6-10(7-12)14-8-11-9-16-5-3-2-4-13(16)15-11/h2-5,9-10,12,14H,6-8H2,1H3. The molecule has 0 atom stereocenters. The van der Waals surface area contributed by atoms with Gasteiger partial charge in [-0.3, -0.25) is 0 Å². The van der Waals surface area contributed by atoms with Gasteiger partial charge in [-0.25, -0.2) is 4.98 Å². The summed E-state index contributed by atoms with van der Waals surface area (Å²) in [5.74, 6) is 0. The van der Waals surface area contributed by atoms with Crippen LogP contribution in [0.2, 0.25) is 0 Å². The lowest BCUT2D eigenvalue weighted by Crippen LogP contribution is -2.44. The lowest BCUT2D eigenvalue weighted by molar-refractivity contribution is 0.0169. The van der Waals surface area contributed by atoms with Gasteiger partial charge >= 0.3 is 0 Å². The van der Waals surface area contributed by atoms with Crippen LogP contribution in [0.3, 0.4) is 0 Å². The van der Waals surface area contributed by atoms with Crippen molar-refractivity contribution in [2.24, 2.45) is 0 Å². The molecule has 17 heavy (non-hydrogen) atoms. The second kappa shape index (κ2) is 4.47. The average Bonchev–Trinajstić information content (AvgIpc) is 2.69. The maximum Gasteiger partial charge on any atom is 0.137 e. The number of ether oxygens (including phenoxy) is 1. The van der Waals surface area contributed by atoms with E-state index in [0.717, 1.165) is 30.7 Å². The van der Waals surface area contributed by atoms with Crippen molar-refractivity contribution in [3.63, 3.8) is 0 Å². The minimum Gasteiger partial charge on any atom is -0.381 e. The van der Waals surface area contributed by atoms with Crippen LogP contribution in [-0.2, 0) is 11.3 Å². The molecule has 1 saturated carbocycles. The number of aromatic nitrogens is 2. The van der Waals surface area contributed by atoms with E-state index >= 15 is 0 Å². The first-order valence-electron chi connectivity index (χ1n) is 6.04. The molecule has 0 saturated heterocycles. The molecule has 1 fully saturated rings. The van der Waals surface area contributed by atoms with E-state index in [4.69, 9.17) is 4.74 Å². The fraction of sp³-hybridized carbons (Fsp3) is 0.462. The van der Waals surface area contributed by atoms with Crippen LogP contribution < -0.4 is 5.32 Å². The molecule has 0 amide bonds. The van der Waals surface area contributed by atoms with Crippen LogP contribution in [0.15, 0.2) is 30.6 Å². The topological polar surface area (TPSA) is 38.6 Å². The Hall–Kier alpha value is -1.39. The number of fused-ring (bicyclic) bond motifs is 1. The Labute approximate surface area is 101 Å². The molecule has 1 N–H and O–H groups in total. The molecule has 0 unspecified atom stereocenters. The summed E-state index contributed by atoms with van der Waals surface area (Å²) in [7, 11) is 1.78. The fourth-order valence-corrected chi connectivity index (χ4v) is 2.25. The van der Waals surface area contributed by atoms with Crippen LogP contribution in [0.4, 0.5) is 0 Å². The summed E-state index contributed by atoms with van der Waals surface area (Å²) in [4.78, 5) is 4.55. The molecule has 2 heterocycles. The van der Waals surface area contributed by atoms with Crippen LogP contribution in [0.1, 0.15) is 18.5 Å². The van der Waals surface area contributed by atoms with E-state index in [2.05, 4.69) is 20.9 Å². The van der Waals surface area contributed by atoms with Crippen molar-refractivity contribution in [1.29, 1.82) is 0 Å². The molecule has 1 aliphatic carbocycles. The van der Waals surface area contributed by atoms with Gasteiger partial charge in [0.15, 0.2) is 0 Å². The molecular formula is C13H17N3O. The number of rotatable bonds is 4. The highest BCUT2D eigenvalue weighted by atomic mass is 16.5. The number of nitrogens with one attached hydrogen (secondary N) is 1. The van der Waals surface area contributed by atoms with Crippen molar-refractivity contribution in [1.82, 2.24) is 14.7 Å². The first kappa shape index (κ1) is 10.7. The first-order chi connectivity index (χ1) is 8.35. The fourth-order valence-electron chi connectivity index (χ4n) is 2.25. The van der Waals surface area contributed by atoms with Gasteiger partial charge < -0.3 is 14.5 Å². The van der Waals surface area contributed by atoms with Gasteiger partial charge in [0.25, 0.3) is 0 Å². The molecular weight excluding hydrogens is 214 g/mol. The van der Waals surface area contributed by atoms with Crippen molar-refractivity contribution in [2.45, 2.75) is 31.5 Å². The zero-order valence-electron chi connectivity index (χ0n) is 9.97. The van der Waals surface area contributed by atoms with Gasteiger partial charge in [-0.05, 0) is 25.0 Å². The predicted molar refractivity (Wildman–Crippen MR) is 65.9 cm³/mol. The average molecular weight is 231 g/mol. The highest BCUT2D eigenvalue weighted by Gasteiger charge is 2.28. The summed E-state index contributed by atoms with van der Waals surface area (Å²) in [6.07, 6.45) is 6.78. The summed E-state index contributed by atoms with van der Waals surface area (Å²) in [6.45, 7) is 0.836. The van der Waals surface area contributed by atoms with E-state index in [1.807, 2.05) is 24.4 Å². The Morgan fingerprint density at radius 2 is 2.35 bits per heavy atom. The maximum absolute atomic E-state index is 5.26. The second-order valence-corrected chi connectivity index (χ2v) is 4.61. The van der Waals surface area contributed by atoms with Gasteiger partial charge in [0.1, 0.15) is 5.65 Å². The minimum atomic E-state index is 0.452. The highest BCUT2D eigenvalue weighted by molar-refractivity contribution is 5.39. The lowest BCUT2D eigenvalue weighted by Gasteiger charge is -2.34. The molecule has 0 aromatic carbocycles. The summed E-state index contributed by atoms with van der Waals surface area (Å²) in [5.41, 5.74) is 2.10. The summed E-state index contributed by atoms with van der Waals surface area (Å²) < 4.78 is 7.31. The molecule has 2 aromatic heterocycles. The summed E-state index contributed by atoms with van der Waals surface area (Å²) in [6, 6.07) is 6.63. The number of imidazole rings is 1. The van der Waals surface area contributed by atoms with E-state index in [1.54, 1.807) is 7.11 Å². The predicted octanol–water partition coefficient (Wildman–Crippen LogP) is 1.60. The lowest BCUT2D eigenvalue weighted by atomic mass is 9.89. The third-order valence-corrected chi connectivity index (χ3v) is 3.41. The molecule has 4 heteroatoms. The van der Waals surface area contributed by atoms with E-state index < -0.39 is 0 Å². The third kappa shape index (κ3) is 2.18. The molecule has 4 nitrogen and oxygen atoms in total. The van der Waals surface area contributed by atoms with Gasteiger partial charge in [0.05, 0.1) is 11.8 Å². The van der Waals surface area contributed by atoms with Crippen molar-refractivity contribution in [3.8, 4) is 0 Å². The minimum absolute atomic E-state index is 0.452. The van der Waals surface area contributed by atoms with E-state index in [0.29, 0.717) is 12.1 Å². The molecule has 0 spiro atoms. The smallest absolute Gasteiger partial charge is 0.137 e. The van der Waals surface area contributed by atoms with Crippen LogP contribution >= 0.6 is 0 Å². The van der Waals surface area contributed by atoms with Crippen LogP contribution in [0.25, 0.3) is 5.65 Å². The van der Waals surface area contributed by atoms with Gasteiger partial charge in [-0.2, -0.15) is 0 Å². The summed E-state index contributed by atoms with van der Waals surface area (Å²) >= 11 is 0. The zero-order chi connectivity index (χ0) is 11.7. The number of pyridine rings is 1. The maximum atomic E-state index is 5.26. The van der Waals surface area contributed by atoms with Crippen molar-refractivity contribution < 1.29 is 4.74 Å².